The SMILES string of the molecule is CN(Cc1ccc(C(=O)O)cc1)C(=O)C1CCOCC1. The first-order valence-corrected chi connectivity index (χ1v) is 6.73. The maximum atomic E-state index is 12.3. The number of rotatable bonds is 4. The van der Waals surface area contributed by atoms with E-state index in [0.29, 0.717) is 19.8 Å². The lowest BCUT2D eigenvalue weighted by atomic mass is 9.98. The second-order valence-electron chi connectivity index (χ2n) is 5.08. The molecule has 1 aromatic carbocycles. The molecule has 108 valence electrons. The number of aromatic carboxylic acids is 1. The van der Waals surface area contributed by atoms with Crippen LogP contribution in [0.15, 0.2) is 24.3 Å². The molecule has 1 aromatic rings. The molecule has 1 fully saturated rings. The highest BCUT2D eigenvalue weighted by molar-refractivity contribution is 5.87. The molecule has 0 unspecified atom stereocenters. The Labute approximate surface area is 118 Å². The smallest absolute Gasteiger partial charge is 0.335 e. The molecule has 0 aliphatic carbocycles. The number of nitrogens with zero attached hydrogens (tertiary/aromatic N) is 1. The first kappa shape index (κ1) is 14.5. The molecule has 5 nitrogen and oxygen atoms in total. The average molecular weight is 277 g/mol. The zero-order valence-corrected chi connectivity index (χ0v) is 11.5. The van der Waals surface area contributed by atoms with Crippen LogP contribution in [-0.4, -0.2) is 42.1 Å². The van der Waals surface area contributed by atoms with Crippen LogP contribution in [0.3, 0.4) is 0 Å². The third-order valence-corrected chi connectivity index (χ3v) is 3.57. The Morgan fingerprint density at radius 3 is 2.40 bits per heavy atom. The fourth-order valence-electron chi connectivity index (χ4n) is 2.36. The highest BCUT2D eigenvalue weighted by Gasteiger charge is 2.24. The summed E-state index contributed by atoms with van der Waals surface area (Å²) in [5, 5.41) is 8.84. The van der Waals surface area contributed by atoms with Crippen molar-refractivity contribution in [1.82, 2.24) is 4.90 Å². The summed E-state index contributed by atoms with van der Waals surface area (Å²) in [6.45, 7) is 1.80. The molecular weight excluding hydrogens is 258 g/mol. The maximum Gasteiger partial charge on any atom is 0.335 e. The van der Waals surface area contributed by atoms with Crippen LogP contribution in [-0.2, 0) is 16.1 Å². The number of carboxylic acids is 1. The molecule has 1 aliphatic heterocycles. The summed E-state index contributed by atoms with van der Waals surface area (Å²) in [5.74, 6) is -0.758. The van der Waals surface area contributed by atoms with Crippen LogP contribution in [0.2, 0.25) is 0 Å². The Bertz CT molecular complexity index is 477. The van der Waals surface area contributed by atoms with Crippen LogP contribution in [0.4, 0.5) is 0 Å². The van der Waals surface area contributed by atoms with E-state index in [-0.39, 0.29) is 17.4 Å². The number of carbonyl (C=O) groups excluding carboxylic acids is 1. The van der Waals surface area contributed by atoms with Gasteiger partial charge < -0.3 is 14.7 Å². The van der Waals surface area contributed by atoms with Gasteiger partial charge in [0.05, 0.1) is 5.56 Å². The van der Waals surface area contributed by atoms with Gasteiger partial charge in [-0.1, -0.05) is 12.1 Å². The molecule has 5 heteroatoms. The normalized spacial score (nSPS) is 15.8. The minimum absolute atomic E-state index is 0.0482. The van der Waals surface area contributed by atoms with E-state index in [0.717, 1.165) is 18.4 Å². The molecule has 20 heavy (non-hydrogen) atoms. The van der Waals surface area contributed by atoms with Crippen molar-refractivity contribution in [2.75, 3.05) is 20.3 Å². The molecule has 1 N–H and O–H groups in total. The van der Waals surface area contributed by atoms with Crippen molar-refractivity contribution < 1.29 is 19.4 Å². The first-order chi connectivity index (χ1) is 9.58. The lowest BCUT2D eigenvalue weighted by Crippen LogP contribution is -2.35. The Kier molecular flexibility index (Phi) is 4.74. The number of benzene rings is 1. The highest BCUT2D eigenvalue weighted by Crippen LogP contribution is 2.18. The van der Waals surface area contributed by atoms with Crippen molar-refractivity contribution in [2.24, 2.45) is 5.92 Å². The monoisotopic (exact) mass is 277 g/mol. The predicted molar refractivity (Wildman–Crippen MR) is 73.4 cm³/mol. The molecule has 0 bridgehead atoms. The summed E-state index contributed by atoms with van der Waals surface area (Å²) in [5.41, 5.74) is 1.19. The number of hydrogen-bond acceptors (Lipinski definition) is 3. The number of hydrogen-bond donors (Lipinski definition) is 1. The zero-order chi connectivity index (χ0) is 14.5. The van der Waals surface area contributed by atoms with Crippen molar-refractivity contribution in [3.63, 3.8) is 0 Å². The van der Waals surface area contributed by atoms with E-state index in [1.54, 1.807) is 36.2 Å². The molecule has 0 atom stereocenters. The number of amides is 1. The summed E-state index contributed by atoms with van der Waals surface area (Å²) in [4.78, 5) is 24.7. The molecule has 0 aromatic heterocycles. The van der Waals surface area contributed by atoms with Gasteiger partial charge in [0, 0.05) is 32.7 Å². The fraction of sp³-hybridized carbons (Fsp3) is 0.467. The van der Waals surface area contributed by atoms with Gasteiger partial charge in [0.2, 0.25) is 5.91 Å². The molecule has 1 aliphatic rings. The second-order valence-corrected chi connectivity index (χ2v) is 5.08. The summed E-state index contributed by atoms with van der Waals surface area (Å²) in [6.07, 6.45) is 1.56. The van der Waals surface area contributed by atoms with E-state index in [2.05, 4.69) is 0 Å². The minimum Gasteiger partial charge on any atom is -0.478 e. The Morgan fingerprint density at radius 1 is 1.25 bits per heavy atom. The summed E-state index contributed by atoms with van der Waals surface area (Å²) >= 11 is 0. The summed E-state index contributed by atoms with van der Waals surface area (Å²) in [6, 6.07) is 6.61. The minimum atomic E-state index is -0.941. The van der Waals surface area contributed by atoms with Gasteiger partial charge in [-0.25, -0.2) is 4.79 Å². The van der Waals surface area contributed by atoms with E-state index in [9.17, 15) is 9.59 Å². The molecule has 2 rings (SSSR count). The second kappa shape index (κ2) is 6.52. The van der Waals surface area contributed by atoms with Crippen LogP contribution >= 0.6 is 0 Å². The number of carboxylic acid groups (broad SMARTS) is 1. The van der Waals surface area contributed by atoms with Crippen LogP contribution < -0.4 is 0 Å². The van der Waals surface area contributed by atoms with Crippen LogP contribution in [0, 0.1) is 5.92 Å². The van der Waals surface area contributed by atoms with E-state index in [1.165, 1.54) is 0 Å². The van der Waals surface area contributed by atoms with Gasteiger partial charge in [0.15, 0.2) is 0 Å². The van der Waals surface area contributed by atoms with Gasteiger partial charge in [-0.05, 0) is 30.5 Å². The first-order valence-electron chi connectivity index (χ1n) is 6.73. The lowest BCUT2D eigenvalue weighted by Gasteiger charge is -2.26. The Morgan fingerprint density at radius 2 is 1.85 bits per heavy atom. The van der Waals surface area contributed by atoms with Crippen LogP contribution in [0.5, 0.6) is 0 Å². The highest BCUT2D eigenvalue weighted by atomic mass is 16.5. The molecule has 0 radical (unpaired) electrons. The lowest BCUT2D eigenvalue weighted by molar-refractivity contribution is -0.137. The van der Waals surface area contributed by atoms with Gasteiger partial charge in [-0.2, -0.15) is 0 Å². The predicted octanol–water partition coefficient (Wildman–Crippen LogP) is 1.77. The summed E-state index contributed by atoms with van der Waals surface area (Å²) in [7, 11) is 1.78. The van der Waals surface area contributed by atoms with Crippen molar-refractivity contribution in [3.05, 3.63) is 35.4 Å². The van der Waals surface area contributed by atoms with Gasteiger partial charge in [0.1, 0.15) is 0 Å². The third-order valence-electron chi connectivity index (χ3n) is 3.57. The van der Waals surface area contributed by atoms with E-state index in [4.69, 9.17) is 9.84 Å². The Hall–Kier alpha value is -1.88. The van der Waals surface area contributed by atoms with Gasteiger partial charge in [0.25, 0.3) is 0 Å². The molecular formula is C15H19NO4. The average Bonchev–Trinajstić information content (AvgIpc) is 2.48. The van der Waals surface area contributed by atoms with E-state index in [1.807, 2.05) is 0 Å². The van der Waals surface area contributed by atoms with Crippen LogP contribution in [0.25, 0.3) is 0 Å². The zero-order valence-electron chi connectivity index (χ0n) is 11.5. The van der Waals surface area contributed by atoms with Crippen LogP contribution in [0.1, 0.15) is 28.8 Å². The third kappa shape index (κ3) is 3.57. The Balaban J connectivity index is 1.94. The topological polar surface area (TPSA) is 66.8 Å². The molecule has 1 heterocycles. The number of ether oxygens (including phenoxy) is 1. The van der Waals surface area contributed by atoms with E-state index >= 15 is 0 Å². The quantitative estimate of drug-likeness (QED) is 0.910. The molecule has 0 saturated carbocycles. The van der Waals surface area contributed by atoms with Gasteiger partial charge in [-0.3, -0.25) is 4.79 Å². The standard InChI is InChI=1S/C15H19NO4/c1-16(14(17)12-6-8-20-9-7-12)10-11-2-4-13(5-3-11)15(18)19/h2-5,12H,6-10H2,1H3,(H,18,19). The molecule has 1 amide bonds. The van der Waals surface area contributed by atoms with Crippen molar-refractivity contribution >= 4 is 11.9 Å². The van der Waals surface area contributed by atoms with Gasteiger partial charge >= 0.3 is 5.97 Å². The van der Waals surface area contributed by atoms with Crippen molar-refractivity contribution in [1.29, 1.82) is 0 Å². The summed E-state index contributed by atoms with van der Waals surface area (Å²) < 4.78 is 5.26. The molecule has 1 saturated heterocycles. The van der Waals surface area contributed by atoms with Crippen molar-refractivity contribution in [2.45, 2.75) is 19.4 Å². The van der Waals surface area contributed by atoms with E-state index < -0.39 is 5.97 Å². The van der Waals surface area contributed by atoms with Crippen molar-refractivity contribution in [3.8, 4) is 0 Å². The maximum absolute atomic E-state index is 12.3. The largest absolute Gasteiger partial charge is 0.478 e. The van der Waals surface area contributed by atoms with Gasteiger partial charge in [-0.15, -0.1) is 0 Å². The number of carbonyl (C=O) groups is 2. The molecule has 0 spiro atoms. The fourth-order valence-corrected chi connectivity index (χ4v) is 2.36.